The van der Waals surface area contributed by atoms with Crippen molar-refractivity contribution in [2.75, 3.05) is 20.3 Å². The number of carbonyl (C=O) groups is 1. The second-order valence-corrected chi connectivity index (χ2v) is 8.91. The van der Waals surface area contributed by atoms with Gasteiger partial charge in [0.25, 0.3) is 11.5 Å². The van der Waals surface area contributed by atoms with E-state index in [9.17, 15) is 14.7 Å². The van der Waals surface area contributed by atoms with E-state index in [4.69, 9.17) is 4.74 Å². The van der Waals surface area contributed by atoms with Crippen molar-refractivity contribution in [3.63, 3.8) is 0 Å². The standard InChI is InChI=1S/C29H28N2O4/c1-35-24-13-14-25-26(21-6-3-2-4-7-21)17-28(33)31(27(25)16-24)18-20-9-11-22(12-10-20)29(34)30-15-5-8-23(30)19-32/h2-4,6-7,9-14,16-17,23,32H,5,8,15,18-19H2,1H3/t23-/m0/s1. The lowest BCUT2D eigenvalue weighted by molar-refractivity contribution is 0.0677. The molecule has 35 heavy (non-hydrogen) atoms. The predicted octanol–water partition coefficient (Wildman–Crippen LogP) is 4.32. The van der Waals surface area contributed by atoms with Crippen molar-refractivity contribution in [2.45, 2.75) is 25.4 Å². The van der Waals surface area contributed by atoms with Gasteiger partial charge in [0.1, 0.15) is 5.75 Å². The molecule has 1 amide bonds. The summed E-state index contributed by atoms with van der Waals surface area (Å²) in [5.41, 5.74) is 4.06. The number of fused-ring (bicyclic) bond motifs is 1. The molecule has 1 aromatic heterocycles. The summed E-state index contributed by atoms with van der Waals surface area (Å²) >= 11 is 0. The van der Waals surface area contributed by atoms with Crippen LogP contribution in [0.3, 0.4) is 0 Å². The van der Waals surface area contributed by atoms with Crippen molar-refractivity contribution >= 4 is 16.8 Å². The number of hydrogen-bond acceptors (Lipinski definition) is 4. The molecular formula is C29H28N2O4. The van der Waals surface area contributed by atoms with E-state index < -0.39 is 0 Å². The highest BCUT2D eigenvalue weighted by Gasteiger charge is 2.28. The molecule has 0 unspecified atom stereocenters. The summed E-state index contributed by atoms with van der Waals surface area (Å²) in [6.45, 7) is 1.03. The summed E-state index contributed by atoms with van der Waals surface area (Å²) in [6.07, 6.45) is 1.74. The highest BCUT2D eigenvalue weighted by molar-refractivity contribution is 5.96. The molecule has 1 atom stereocenters. The first-order chi connectivity index (χ1) is 17.1. The van der Waals surface area contributed by atoms with Crippen molar-refractivity contribution < 1.29 is 14.6 Å². The molecule has 0 saturated carbocycles. The van der Waals surface area contributed by atoms with Gasteiger partial charge in [-0.1, -0.05) is 42.5 Å². The smallest absolute Gasteiger partial charge is 0.254 e. The van der Waals surface area contributed by atoms with Crippen molar-refractivity contribution in [1.29, 1.82) is 0 Å². The van der Waals surface area contributed by atoms with Crippen LogP contribution in [-0.4, -0.2) is 46.8 Å². The molecule has 2 heterocycles. The summed E-state index contributed by atoms with van der Waals surface area (Å²) in [7, 11) is 1.61. The van der Waals surface area contributed by atoms with Crippen LogP contribution < -0.4 is 10.3 Å². The number of hydrogen-bond donors (Lipinski definition) is 1. The predicted molar refractivity (Wildman–Crippen MR) is 137 cm³/mol. The Bertz CT molecular complexity index is 1410. The van der Waals surface area contributed by atoms with Gasteiger partial charge < -0.3 is 19.3 Å². The molecule has 1 aliphatic heterocycles. The van der Waals surface area contributed by atoms with Crippen molar-refractivity contribution in [2.24, 2.45) is 0 Å². The number of aromatic nitrogens is 1. The summed E-state index contributed by atoms with van der Waals surface area (Å²) in [6, 6.07) is 24.6. The topological polar surface area (TPSA) is 71.8 Å². The van der Waals surface area contributed by atoms with Crippen LogP contribution in [0.5, 0.6) is 5.75 Å². The van der Waals surface area contributed by atoms with E-state index in [1.165, 1.54) is 0 Å². The zero-order valence-corrected chi connectivity index (χ0v) is 19.7. The molecule has 178 valence electrons. The van der Waals surface area contributed by atoms with E-state index >= 15 is 0 Å². The van der Waals surface area contributed by atoms with Gasteiger partial charge in [0.05, 0.1) is 31.8 Å². The zero-order chi connectivity index (χ0) is 24.4. The van der Waals surface area contributed by atoms with E-state index in [0.29, 0.717) is 24.4 Å². The number of methoxy groups -OCH3 is 1. The molecule has 1 N–H and O–H groups in total. The van der Waals surface area contributed by atoms with Gasteiger partial charge in [0.15, 0.2) is 0 Å². The monoisotopic (exact) mass is 468 g/mol. The number of aliphatic hydroxyl groups excluding tert-OH is 1. The quantitative estimate of drug-likeness (QED) is 0.457. The van der Waals surface area contributed by atoms with Gasteiger partial charge in [-0.2, -0.15) is 0 Å². The molecule has 0 bridgehead atoms. The van der Waals surface area contributed by atoms with Crippen LogP contribution in [0, 0.1) is 0 Å². The molecule has 1 saturated heterocycles. The highest BCUT2D eigenvalue weighted by atomic mass is 16.5. The third-order valence-corrected chi connectivity index (χ3v) is 6.79. The maximum atomic E-state index is 13.3. The molecule has 1 aliphatic rings. The molecule has 1 fully saturated rings. The molecule has 0 aliphatic carbocycles. The Balaban J connectivity index is 1.50. The van der Waals surface area contributed by atoms with Crippen molar-refractivity contribution in [3.8, 4) is 16.9 Å². The second-order valence-electron chi connectivity index (χ2n) is 8.91. The van der Waals surface area contributed by atoms with E-state index in [1.807, 2.05) is 60.7 Å². The third-order valence-electron chi connectivity index (χ3n) is 6.79. The van der Waals surface area contributed by atoms with Crippen LogP contribution in [-0.2, 0) is 6.54 Å². The average Bonchev–Trinajstić information content (AvgIpc) is 3.39. The summed E-state index contributed by atoms with van der Waals surface area (Å²) in [5.74, 6) is 0.619. The third kappa shape index (κ3) is 4.45. The van der Waals surface area contributed by atoms with Gasteiger partial charge in [-0.15, -0.1) is 0 Å². The van der Waals surface area contributed by atoms with Gasteiger partial charge in [-0.25, -0.2) is 0 Å². The Morgan fingerprint density at radius 1 is 1.03 bits per heavy atom. The maximum absolute atomic E-state index is 13.3. The van der Waals surface area contributed by atoms with Gasteiger partial charge in [-0.3, -0.25) is 9.59 Å². The van der Waals surface area contributed by atoms with Crippen LogP contribution in [0.25, 0.3) is 22.0 Å². The highest BCUT2D eigenvalue weighted by Crippen LogP contribution is 2.30. The Morgan fingerprint density at radius 3 is 2.51 bits per heavy atom. The van der Waals surface area contributed by atoms with Crippen LogP contribution in [0.15, 0.2) is 83.7 Å². The first-order valence-corrected chi connectivity index (χ1v) is 11.9. The van der Waals surface area contributed by atoms with Gasteiger partial charge in [-0.05, 0) is 53.8 Å². The first kappa shape index (κ1) is 22.9. The number of ether oxygens (including phenoxy) is 1. The maximum Gasteiger partial charge on any atom is 0.254 e. The number of pyridine rings is 1. The van der Waals surface area contributed by atoms with Crippen LogP contribution in [0.4, 0.5) is 0 Å². The number of aliphatic hydroxyl groups is 1. The molecule has 4 aromatic rings. The minimum atomic E-state index is -0.106. The van der Waals surface area contributed by atoms with Crippen molar-refractivity contribution in [3.05, 3.63) is 100 Å². The van der Waals surface area contributed by atoms with E-state index in [1.54, 1.807) is 34.8 Å². The van der Waals surface area contributed by atoms with Gasteiger partial charge in [0, 0.05) is 29.6 Å². The number of amides is 1. The van der Waals surface area contributed by atoms with Crippen LogP contribution in [0.1, 0.15) is 28.8 Å². The Morgan fingerprint density at radius 2 is 1.80 bits per heavy atom. The summed E-state index contributed by atoms with van der Waals surface area (Å²) < 4.78 is 7.19. The molecule has 3 aromatic carbocycles. The number of benzene rings is 3. The summed E-state index contributed by atoms with van der Waals surface area (Å²) in [4.78, 5) is 27.9. The molecule has 0 radical (unpaired) electrons. The fourth-order valence-corrected chi connectivity index (χ4v) is 4.90. The number of nitrogens with zero attached hydrogens (tertiary/aromatic N) is 2. The summed E-state index contributed by atoms with van der Waals surface area (Å²) in [5, 5.41) is 10.5. The van der Waals surface area contributed by atoms with Crippen LogP contribution in [0.2, 0.25) is 0 Å². The molecule has 5 rings (SSSR count). The van der Waals surface area contributed by atoms with Crippen molar-refractivity contribution in [1.82, 2.24) is 9.47 Å². The zero-order valence-electron chi connectivity index (χ0n) is 19.7. The van der Waals surface area contributed by atoms with Gasteiger partial charge >= 0.3 is 0 Å². The van der Waals surface area contributed by atoms with E-state index in [0.717, 1.165) is 40.4 Å². The Hall–Kier alpha value is -3.90. The lowest BCUT2D eigenvalue weighted by Gasteiger charge is -2.23. The second kappa shape index (κ2) is 9.76. The van der Waals surface area contributed by atoms with Gasteiger partial charge in [0.2, 0.25) is 0 Å². The number of rotatable bonds is 6. The lowest BCUT2D eigenvalue weighted by atomic mass is 10.0. The minimum absolute atomic E-state index is 0.0117. The lowest BCUT2D eigenvalue weighted by Crippen LogP contribution is -2.37. The Kier molecular flexibility index (Phi) is 6.38. The normalized spacial score (nSPS) is 15.5. The molecule has 0 spiro atoms. The fourth-order valence-electron chi connectivity index (χ4n) is 4.90. The van der Waals surface area contributed by atoms with E-state index in [-0.39, 0.29) is 24.1 Å². The van der Waals surface area contributed by atoms with Crippen LogP contribution >= 0.6 is 0 Å². The van der Waals surface area contributed by atoms with E-state index in [2.05, 4.69) is 0 Å². The number of likely N-dealkylation sites (tertiary alicyclic amines) is 1. The molecule has 6 heteroatoms. The number of carbonyl (C=O) groups excluding carboxylic acids is 1. The Labute approximate surface area is 204 Å². The SMILES string of the molecule is COc1ccc2c(-c3ccccc3)cc(=O)n(Cc3ccc(C(=O)N4CCC[C@H]4CO)cc3)c2c1. The fraction of sp³-hybridized carbons (Fsp3) is 0.241. The molecular weight excluding hydrogens is 440 g/mol. The minimum Gasteiger partial charge on any atom is -0.497 e. The average molecular weight is 469 g/mol. The molecule has 6 nitrogen and oxygen atoms in total. The largest absolute Gasteiger partial charge is 0.497 e. The first-order valence-electron chi connectivity index (χ1n) is 11.9.